The molecule has 0 radical (unpaired) electrons. The zero-order valence-corrected chi connectivity index (χ0v) is 13.7. The van der Waals surface area contributed by atoms with E-state index in [1.165, 1.54) is 11.5 Å². The molecule has 0 amide bonds. The molecule has 74 valence electrons. The molecule has 3 rings (SSSR count). The monoisotopic (exact) mass is 390 g/mol. The molecule has 0 aromatic rings. The van der Waals surface area contributed by atoms with Gasteiger partial charge in [0.05, 0.1) is 0 Å². The molecule has 0 nitrogen and oxygen atoms in total. The average Bonchev–Trinajstić information content (AvgIpc) is 2.86. The molecular formula is C8H6S4Se2. The molecule has 0 aromatic carbocycles. The minimum atomic E-state index is 0.680. The summed E-state index contributed by atoms with van der Waals surface area (Å²) in [5, 5.41) is 0. The number of thioether (sulfide) groups is 4. The van der Waals surface area contributed by atoms with Gasteiger partial charge >= 0.3 is 114 Å². The molecular weight excluding hydrogens is 382 g/mol. The predicted molar refractivity (Wildman–Crippen MR) is 74.8 cm³/mol. The summed E-state index contributed by atoms with van der Waals surface area (Å²) in [5.41, 5.74) is 0. The van der Waals surface area contributed by atoms with Crippen molar-refractivity contribution in [3.8, 4) is 0 Å². The Kier molecular flexibility index (Phi) is 3.77. The van der Waals surface area contributed by atoms with Crippen LogP contribution < -0.4 is 0 Å². The fourth-order valence-electron chi connectivity index (χ4n) is 1.10. The van der Waals surface area contributed by atoms with Crippen LogP contribution in [0.15, 0.2) is 26.0 Å². The van der Waals surface area contributed by atoms with E-state index in [-0.39, 0.29) is 0 Å². The van der Waals surface area contributed by atoms with E-state index in [1.54, 1.807) is 16.1 Å². The molecule has 0 saturated heterocycles. The normalized spacial score (nSPS) is 26.3. The SMILES string of the molecule is C1=C[Se]C(=C2SC3=C(SCCS3)S2)[Se]1. The number of rotatable bonds is 0. The van der Waals surface area contributed by atoms with Gasteiger partial charge in [0.2, 0.25) is 0 Å². The van der Waals surface area contributed by atoms with E-state index >= 15 is 0 Å². The van der Waals surface area contributed by atoms with Crippen molar-refractivity contribution in [2.24, 2.45) is 0 Å². The Hall–Kier alpha value is 1.66. The fourth-order valence-corrected chi connectivity index (χ4v) is 13.1. The fraction of sp³-hybridized carbons (Fsp3) is 0.250. The van der Waals surface area contributed by atoms with Gasteiger partial charge in [0.1, 0.15) is 0 Å². The van der Waals surface area contributed by atoms with Gasteiger partial charge in [0, 0.05) is 0 Å². The topological polar surface area (TPSA) is 0 Å². The van der Waals surface area contributed by atoms with Crippen molar-refractivity contribution in [1.82, 2.24) is 0 Å². The molecule has 3 heterocycles. The van der Waals surface area contributed by atoms with Gasteiger partial charge in [0.15, 0.2) is 0 Å². The van der Waals surface area contributed by atoms with Crippen LogP contribution in [-0.2, 0) is 0 Å². The Morgan fingerprint density at radius 3 is 2.00 bits per heavy atom. The molecule has 0 bridgehead atoms. The van der Waals surface area contributed by atoms with Gasteiger partial charge in [-0.15, -0.1) is 0 Å². The second-order valence-corrected chi connectivity index (χ2v) is 12.7. The second kappa shape index (κ2) is 4.89. The second-order valence-electron chi connectivity index (χ2n) is 2.56. The van der Waals surface area contributed by atoms with Gasteiger partial charge < -0.3 is 0 Å². The van der Waals surface area contributed by atoms with E-state index in [4.69, 9.17) is 0 Å². The molecule has 6 heteroatoms. The summed E-state index contributed by atoms with van der Waals surface area (Å²) in [6.07, 6.45) is 0. The molecule has 14 heavy (non-hydrogen) atoms. The molecule has 3 aliphatic heterocycles. The number of hydrogen-bond acceptors (Lipinski definition) is 4. The average molecular weight is 388 g/mol. The summed E-state index contributed by atoms with van der Waals surface area (Å²) in [5.74, 6) is 2.60. The first kappa shape index (κ1) is 10.8. The maximum absolute atomic E-state index is 2.38. The summed E-state index contributed by atoms with van der Waals surface area (Å²) in [4.78, 5) is 4.77. The minimum absolute atomic E-state index is 0.680. The Bertz CT molecular complexity index is 328. The van der Waals surface area contributed by atoms with Crippen LogP contribution in [0, 0.1) is 0 Å². The molecule has 0 saturated carbocycles. The Labute approximate surface area is 113 Å². The van der Waals surface area contributed by atoms with Gasteiger partial charge in [-0.3, -0.25) is 0 Å². The van der Waals surface area contributed by atoms with Gasteiger partial charge in [-0.25, -0.2) is 0 Å². The van der Waals surface area contributed by atoms with Crippen LogP contribution in [-0.4, -0.2) is 41.4 Å². The van der Waals surface area contributed by atoms with Crippen molar-refractivity contribution < 1.29 is 0 Å². The van der Waals surface area contributed by atoms with Crippen LogP contribution >= 0.6 is 47.0 Å². The maximum atomic E-state index is 2.38. The molecule has 0 fully saturated rings. The summed E-state index contributed by atoms with van der Waals surface area (Å²) in [6, 6.07) is 0. The van der Waals surface area contributed by atoms with Crippen LogP contribution in [0.3, 0.4) is 0 Å². The van der Waals surface area contributed by atoms with Crippen LogP contribution in [0.4, 0.5) is 0 Å². The molecule has 0 unspecified atom stereocenters. The molecule has 0 atom stereocenters. The van der Waals surface area contributed by atoms with Crippen LogP contribution in [0.5, 0.6) is 0 Å². The Balaban J connectivity index is 1.81. The van der Waals surface area contributed by atoms with Crippen LogP contribution in [0.2, 0.25) is 0 Å². The molecule has 0 aromatic heterocycles. The molecule has 0 spiro atoms. The van der Waals surface area contributed by atoms with E-state index < -0.39 is 0 Å². The molecule has 0 N–H and O–H groups in total. The van der Waals surface area contributed by atoms with Crippen molar-refractivity contribution in [2.45, 2.75) is 0 Å². The zero-order valence-electron chi connectivity index (χ0n) is 7.02. The van der Waals surface area contributed by atoms with E-state index in [2.05, 4.69) is 33.5 Å². The van der Waals surface area contributed by atoms with Crippen molar-refractivity contribution in [2.75, 3.05) is 11.5 Å². The van der Waals surface area contributed by atoms with Crippen LogP contribution in [0.25, 0.3) is 0 Å². The summed E-state index contributed by atoms with van der Waals surface area (Å²) >= 11 is 9.57. The quantitative estimate of drug-likeness (QED) is 0.585. The van der Waals surface area contributed by atoms with Crippen molar-refractivity contribution in [3.05, 3.63) is 26.0 Å². The Morgan fingerprint density at radius 1 is 0.857 bits per heavy atom. The van der Waals surface area contributed by atoms with Gasteiger partial charge in [0.25, 0.3) is 0 Å². The number of hydrogen-bond donors (Lipinski definition) is 0. The van der Waals surface area contributed by atoms with Crippen molar-refractivity contribution in [3.63, 3.8) is 0 Å². The Morgan fingerprint density at radius 2 is 1.43 bits per heavy atom. The summed E-state index contributed by atoms with van der Waals surface area (Å²) < 4.78 is 6.57. The van der Waals surface area contributed by atoms with Crippen molar-refractivity contribution >= 4 is 77.0 Å². The third kappa shape index (κ3) is 2.18. The standard InChI is InChI=1S/C8H6S4Se2/c1-2-10-6-5(9-1)11-7(12-6)8-13-3-4-14-8/h3-4H,1-2H2. The summed E-state index contributed by atoms with van der Waals surface area (Å²) in [7, 11) is 0. The van der Waals surface area contributed by atoms with E-state index in [1.807, 2.05) is 23.5 Å². The first-order chi connectivity index (χ1) is 6.93. The molecule has 0 aliphatic carbocycles. The zero-order chi connectivity index (χ0) is 9.38. The van der Waals surface area contributed by atoms with Crippen LogP contribution in [0.1, 0.15) is 0 Å². The van der Waals surface area contributed by atoms with Gasteiger partial charge in [-0.1, -0.05) is 0 Å². The molecule has 3 aliphatic rings. The predicted octanol–water partition coefficient (Wildman–Crippen LogP) is 3.09. The summed E-state index contributed by atoms with van der Waals surface area (Å²) in [6.45, 7) is 0. The van der Waals surface area contributed by atoms with Gasteiger partial charge in [-0.05, 0) is 0 Å². The van der Waals surface area contributed by atoms with Crippen molar-refractivity contribution in [1.29, 1.82) is 0 Å². The van der Waals surface area contributed by atoms with E-state index in [9.17, 15) is 0 Å². The first-order valence-corrected chi connectivity index (χ1v) is 11.3. The third-order valence-corrected chi connectivity index (χ3v) is 14.5. The van der Waals surface area contributed by atoms with E-state index in [0.29, 0.717) is 29.9 Å². The first-order valence-electron chi connectivity index (χ1n) is 4.02. The third-order valence-electron chi connectivity index (χ3n) is 1.66. The van der Waals surface area contributed by atoms with E-state index in [0.717, 1.165) is 0 Å². The van der Waals surface area contributed by atoms with Gasteiger partial charge in [-0.2, -0.15) is 0 Å².